The minimum atomic E-state index is -0.357. The molecule has 1 rings (SSSR count). The van der Waals surface area contributed by atoms with Crippen LogP contribution in [0.5, 0.6) is 0 Å². The fourth-order valence-corrected chi connectivity index (χ4v) is 1.81. The van der Waals surface area contributed by atoms with Gasteiger partial charge in [-0.15, -0.1) is 0 Å². The third-order valence-corrected chi connectivity index (χ3v) is 2.97. The van der Waals surface area contributed by atoms with E-state index in [1.54, 1.807) is 0 Å². The fourth-order valence-electron chi connectivity index (χ4n) is 0.767. The van der Waals surface area contributed by atoms with Crippen LogP contribution in [0.1, 0.15) is 10.4 Å². The van der Waals surface area contributed by atoms with E-state index in [9.17, 15) is 9.18 Å². The second kappa shape index (κ2) is 4.76. The SMILES string of the molecule is N#CC[Se]C(=O)c1ccc(F)cc1. The number of halogens is 1. The van der Waals surface area contributed by atoms with Gasteiger partial charge in [0.05, 0.1) is 0 Å². The molecule has 0 saturated carbocycles. The van der Waals surface area contributed by atoms with Crippen LogP contribution in [0.4, 0.5) is 4.39 Å². The van der Waals surface area contributed by atoms with Crippen LogP contribution in [-0.4, -0.2) is 19.6 Å². The van der Waals surface area contributed by atoms with Crippen LogP contribution in [0.2, 0.25) is 5.32 Å². The maximum atomic E-state index is 12.4. The van der Waals surface area contributed by atoms with Crippen molar-refractivity contribution in [3.8, 4) is 6.07 Å². The second-order valence-electron chi connectivity index (χ2n) is 2.24. The van der Waals surface area contributed by atoms with Gasteiger partial charge in [0, 0.05) is 0 Å². The predicted octanol–water partition coefficient (Wildman–Crippen LogP) is 1.61. The van der Waals surface area contributed by atoms with E-state index in [1.165, 1.54) is 24.3 Å². The van der Waals surface area contributed by atoms with E-state index < -0.39 is 0 Å². The summed E-state index contributed by atoms with van der Waals surface area (Å²) in [5.74, 6) is -0.357. The molecule has 0 spiro atoms. The van der Waals surface area contributed by atoms with Crippen LogP contribution in [-0.2, 0) is 0 Å². The summed E-state index contributed by atoms with van der Waals surface area (Å²) in [7, 11) is 0. The van der Waals surface area contributed by atoms with Crippen molar-refractivity contribution < 1.29 is 9.18 Å². The zero-order valence-corrected chi connectivity index (χ0v) is 8.37. The van der Waals surface area contributed by atoms with Crippen molar-refractivity contribution in [1.29, 1.82) is 5.26 Å². The molecule has 13 heavy (non-hydrogen) atoms. The molecule has 0 unspecified atom stereocenters. The molecule has 0 aliphatic rings. The van der Waals surface area contributed by atoms with Gasteiger partial charge >= 0.3 is 81.1 Å². The summed E-state index contributed by atoms with van der Waals surface area (Å²) in [5.41, 5.74) is 0.483. The van der Waals surface area contributed by atoms with E-state index in [-0.39, 0.29) is 30.8 Å². The maximum absolute atomic E-state index is 12.4. The Hall–Kier alpha value is -1.17. The molecule has 0 aliphatic heterocycles. The fraction of sp³-hybridized carbons (Fsp3) is 0.111. The topological polar surface area (TPSA) is 40.9 Å². The van der Waals surface area contributed by atoms with Crippen molar-refractivity contribution in [2.45, 2.75) is 5.32 Å². The molecule has 0 atom stereocenters. The number of hydrogen-bond acceptors (Lipinski definition) is 2. The Bertz CT molecular complexity index is 342. The molecule has 0 aliphatic carbocycles. The monoisotopic (exact) mass is 243 g/mol. The summed E-state index contributed by atoms with van der Waals surface area (Å²) >= 11 is -0.341. The molecule has 0 saturated heterocycles. The van der Waals surface area contributed by atoms with Gasteiger partial charge in [-0.3, -0.25) is 0 Å². The van der Waals surface area contributed by atoms with E-state index in [2.05, 4.69) is 0 Å². The molecule has 0 radical (unpaired) electrons. The van der Waals surface area contributed by atoms with E-state index in [0.29, 0.717) is 5.56 Å². The Morgan fingerprint density at radius 3 is 2.62 bits per heavy atom. The number of carbonyl (C=O) groups excluding carboxylic acids is 1. The third-order valence-electron chi connectivity index (χ3n) is 1.35. The molecule has 0 heterocycles. The van der Waals surface area contributed by atoms with Gasteiger partial charge in [-0.05, 0) is 0 Å². The van der Waals surface area contributed by atoms with Gasteiger partial charge in [-0.1, -0.05) is 0 Å². The quantitative estimate of drug-likeness (QED) is 0.755. The molecule has 0 fully saturated rings. The third kappa shape index (κ3) is 2.98. The molecule has 66 valence electrons. The van der Waals surface area contributed by atoms with Crippen molar-refractivity contribution in [1.82, 2.24) is 0 Å². The van der Waals surface area contributed by atoms with Gasteiger partial charge in [-0.2, -0.15) is 0 Å². The van der Waals surface area contributed by atoms with Crippen molar-refractivity contribution in [3.63, 3.8) is 0 Å². The van der Waals surface area contributed by atoms with Crippen molar-refractivity contribution in [2.24, 2.45) is 0 Å². The van der Waals surface area contributed by atoms with E-state index in [1.807, 2.05) is 6.07 Å². The first-order valence-corrected chi connectivity index (χ1v) is 5.60. The Morgan fingerprint density at radius 1 is 1.46 bits per heavy atom. The molecule has 4 heteroatoms. The first kappa shape index (κ1) is 9.91. The van der Waals surface area contributed by atoms with Crippen LogP contribution in [0.25, 0.3) is 0 Å². The van der Waals surface area contributed by atoms with Crippen molar-refractivity contribution in [3.05, 3.63) is 35.6 Å². The van der Waals surface area contributed by atoms with E-state index in [0.717, 1.165) is 0 Å². The molecule has 1 aromatic rings. The minimum absolute atomic E-state index is 0.0611. The molecule has 0 amide bonds. The summed E-state index contributed by atoms with van der Waals surface area (Å²) in [6.07, 6.45) is 0. The number of rotatable bonds is 3. The summed E-state index contributed by atoms with van der Waals surface area (Å²) in [4.78, 5) is 11.3. The summed E-state index contributed by atoms with van der Waals surface area (Å²) in [6.45, 7) is 0. The summed E-state index contributed by atoms with van der Waals surface area (Å²) < 4.78 is 12.4. The number of benzene rings is 1. The van der Waals surface area contributed by atoms with Gasteiger partial charge in [0.1, 0.15) is 0 Å². The Kier molecular flexibility index (Phi) is 3.63. The van der Waals surface area contributed by atoms with Crippen LogP contribution in [0.3, 0.4) is 0 Å². The van der Waals surface area contributed by atoms with Crippen LogP contribution < -0.4 is 0 Å². The van der Waals surface area contributed by atoms with Crippen LogP contribution in [0, 0.1) is 17.1 Å². The number of nitrogens with zero attached hydrogens (tertiary/aromatic N) is 1. The molecular weight excluding hydrogens is 236 g/mol. The average Bonchev–Trinajstić information content (AvgIpc) is 2.15. The predicted molar refractivity (Wildman–Crippen MR) is 46.9 cm³/mol. The Labute approximate surface area is 81.5 Å². The van der Waals surface area contributed by atoms with Gasteiger partial charge < -0.3 is 0 Å². The summed E-state index contributed by atoms with van der Waals surface area (Å²) in [6, 6.07) is 7.29. The van der Waals surface area contributed by atoms with Gasteiger partial charge in [-0.25, -0.2) is 0 Å². The van der Waals surface area contributed by atoms with Gasteiger partial charge in [0.2, 0.25) is 0 Å². The van der Waals surface area contributed by atoms with Gasteiger partial charge in [0.25, 0.3) is 0 Å². The molecule has 2 nitrogen and oxygen atoms in total. The van der Waals surface area contributed by atoms with Gasteiger partial charge in [0.15, 0.2) is 0 Å². The summed E-state index contributed by atoms with van der Waals surface area (Å²) in [5, 5.41) is 8.53. The Balaban J connectivity index is 2.68. The second-order valence-corrected chi connectivity index (χ2v) is 4.23. The molecule has 1 aromatic carbocycles. The van der Waals surface area contributed by atoms with Crippen LogP contribution in [0.15, 0.2) is 24.3 Å². The molecular formula is C9H6FNOSe. The molecule has 0 N–H and O–H groups in total. The average molecular weight is 242 g/mol. The number of nitriles is 1. The molecule has 0 bridgehead atoms. The van der Waals surface area contributed by atoms with Crippen LogP contribution >= 0.6 is 0 Å². The first-order chi connectivity index (χ1) is 6.24. The number of carbonyl (C=O) groups is 1. The van der Waals surface area contributed by atoms with Crippen molar-refractivity contribution >= 4 is 19.6 Å². The standard InChI is InChI=1S/C9H6FNOSe/c10-8-3-1-7(2-4-8)9(12)13-6-5-11/h1-4H,6H2. The Morgan fingerprint density at radius 2 is 2.08 bits per heavy atom. The first-order valence-electron chi connectivity index (χ1n) is 3.53. The van der Waals surface area contributed by atoms with E-state index >= 15 is 0 Å². The zero-order valence-electron chi connectivity index (χ0n) is 6.66. The zero-order chi connectivity index (χ0) is 9.68. The normalized spacial score (nSPS) is 9.23. The molecule has 0 aromatic heterocycles. The van der Waals surface area contributed by atoms with E-state index in [4.69, 9.17) is 5.26 Å². The number of hydrogen-bond donors (Lipinski definition) is 0. The van der Waals surface area contributed by atoms with Crippen molar-refractivity contribution in [2.75, 3.05) is 0 Å².